The molecular formula is C20H20N2O4S. The fourth-order valence-electron chi connectivity index (χ4n) is 3.58. The average molecular weight is 384 g/mol. The van der Waals surface area contributed by atoms with E-state index in [-0.39, 0.29) is 17.7 Å². The van der Waals surface area contributed by atoms with Crippen LogP contribution in [0.1, 0.15) is 48.2 Å². The second-order valence-corrected chi connectivity index (χ2v) is 8.45. The number of nitrogens with one attached hydrogen (secondary N) is 2. The van der Waals surface area contributed by atoms with Gasteiger partial charge in [-0.05, 0) is 49.9 Å². The van der Waals surface area contributed by atoms with E-state index >= 15 is 0 Å². The molecule has 27 heavy (non-hydrogen) atoms. The van der Waals surface area contributed by atoms with E-state index < -0.39 is 5.79 Å². The Bertz CT molecular complexity index is 912. The summed E-state index contributed by atoms with van der Waals surface area (Å²) in [4.78, 5) is 24.9. The zero-order valence-corrected chi connectivity index (χ0v) is 15.6. The summed E-state index contributed by atoms with van der Waals surface area (Å²) in [6, 6.07) is 8.96. The molecule has 140 valence electrons. The van der Waals surface area contributed by atoms with E-state index in [9.17, 15) is 9.59 Å². The van der Waals surface area contributed by atoms with Crippen molar-refractivity contribution in [1.29, 1.82) is 0 Å². The zero-order chi connectivity index (χ0) is 18.4. The van der Waals surface area contributed by atoms with E-state index in [1.54, 1.807) is 12.1 Å². The van der Waals surface area contributed by atoms with Crippen molar-refractivity contribution < 1.29 is 19.1 Å². The van der Waals surface area contributed by atoms with Gasteiger partial charge in [-0.1, -0.05) is 0 Å². The summed E-state index contributed by atoms with van der Waals surface area (Å²) in [6.07, 6.45) is 5.92. The van der Waals surface area contributed by atoms with Crippen molar-refractivity contribution in [2.24, 2.45) is 5.92 Å². The molecule has 2 aromatic rings. The second kappa shape index (κ2) is 6.27. The van der Waals surface area contributed by atoms with Gasteiger partial charge in [-0.2, -0.15) is 0 Å². The Hall–Kier alpha value is -2.54. The van der Waals surface area contributed by atoms with E-state index in [0.717, 1.165) is 44.3 Å². The van der Waals surface area contributed by atoms with Gasteiger partial charge in [0.05, 0.1) is 9.88 Å². The number of carbonyl (C=O) groups excluding carboxylic acids is 2. The molecule has 2 heterocycles. The highest BCUT2D eigenvalue weighted by Gasteiger charge is 2.44. The number of hydrogen-bond acceptors (Lipinski definition) is 5. The van der Waals surface area contributed by atoms with Crippen LogP contribution in [-0.4, -0.2) is 17.6 Å². The van der Waals surface area contributed by atoms with Crippen LogP contribution in [-0.2, 0) is 4.79 Å². The van der Waals surface area contributed by atoms with Gasteiger partial charge in [0, 0.05) is 30.5 Å². The molecule has 0 atom stereocenters. The van der Waals surface area contributed by atoms with Crippen LogP contribution < -0.4 is 20.1 Å². The Morgan fingerprint density at radius 1 is 1.00 bits per heavy atom. The van der Waals surface area contributed by atoms with Crippen LogP contribution in [0.25, 0.3) is 0 Å². The summed E-state index contributed by atoms with van der Waals surface area (Å²) in [6.45, 7) is 0. The first-order valence-electron chi connectivity index (χ1n) is 9.34. The lowest BCUT2D eigenvalue weighted by molar-refractivity contribution is -0.117. The molecule has 0 saturated heterocycles. The molecule has 2 saturated carbocycles. The molecular weight excluding hydrogens is 364 g/mol. The third-order valence-electron chi connectivity index (χ3n) is 5.18. The lowest BCUT2D eigenvalue weighted by atomic mass is 10.2. The van der Waals surface area contributed by atoms with Crippen LogP contribution in [0, 0.1) is 5.92 Å². The van der Waals surface area contributed by atoms with Gasteiger partial charge in [-0.25, -0.2) is 0 Å². The van der Waals surface area contributed by atoms with Gasteiger partial charge >= 0.3 is 0 Å². The summed E-state index contributed by atoms with van der Waals surface area (Å²) in [5.41, 5.74) is 0.661. The van der Waals surface area contributed by atoms with Crippen molar-refractivity contribution >= 4 is 33.8 Å². The average Bonchev–Trinajstić information content (AvgIpc) is 3.08. The monoisotopic (exact) mass is 384 g/mol. The van der Waals surface area contributed by atoms with Gasteiger partial charge in [0.15, 0.2) is 11.5 Å². The van der Waals surface area contributed by atoms with Crippen molar-refractivity contribution in [3.8, 4) is 11.5 Å². The molecule has 3 aliphatic rings. The topological polar surface area (TPSA) is 76.7 Å². The number of anilines is 2. The predicted molar refractivity (Wildman–Crippen MR) is 103 cm³/mol. The Labute approximate surface area is 160 Å². The molecule has 2 fully saturated rings. The Morgan fingerprint density at radius 2 is 1.78 bits per heavy atom. The van der Waals surface area contributed by atoms with Crippen LogP contribution in [0.15, 0.2) is 30.3 Å². The van der Waals surface area contributed by atoms with Crippen molar-refractivity contribution in [3.63, 3.8) is 0 Å². The van der Waals surface area contributed by atoms with Crippen molar-refractivity contribution in [1.82, 2.24) is 0 Å². The summed E-state index contributed by atoms with van der Waals surface area (Å²) in [5, 5.41) is 6.46. The highest BCUT2D eigenvalue weighted by Crippen LogP contribution is 2.47. The minimum Gasteiger partial charge on any atom is -0.448 e. The molecule has 2 amide bonds. The maximum atomic E-state index is 12.5. The van der Waals surface area contributed by atoms with E-state index in [1.807, 2.05) is 18.2 Å². The maximum Gasteiger partial charge on any atom is 0.265 e. The lowest BCUT2D eigenvalue weighted by Crippen LogP contribution is -2.34. The lowest BCUT2D eigenvalue weighted by Gasteiger charge is -2.21. The number of thiophene rings is 1. The summed E-state index contributed by atoms with van der Waals surface area (Å²) in [7, 11) is 0. The molecule has 7 heteroatoms. The third kappa shape index (κ3) is 3.27. The van der Waals surface area contributed by atoms with Crippen molar-refractivity contribution in [2.45, 2.75) is 44.3 Å². The highest BCUT2D eigenvalue weighted by molar-refractivity contribution is 7.18. The zero-order valence-electron chi connectivity index (χ0n) is 14.7. The van der Waals surface area contributed by atoms with E-state index in [2.05, 4.69) is 10.6 Å². The molecule has 1 aromatic carbocycles. The van der Waals surface area contributed by atoms with Crippen molar-refractivity contribution in [3.05, 3.63) is 35.2 Å². The number of hydrogen-bond donors (Lipinski definition) is 2. The van der Waals surface area contributed by atoms with Gasteiger partial charge < -0.3 is 20.1 Å². The summed E-state index contributed by atoms with van der Waals surface area (Å²) in [5.74, 6) is 0.880. The molecule has 0 bridgehead atoms. The number of ether oxygens (including phenoxy) is 2. The summed E-state index contributed by atoms with van der Waals surface area (Å²) >= 11 is 1.27. The standard InChI is InChI=1S/C20H20N2O4S/c23-18(12-3-4-12)22-17-8-7-16(27-17)19(24)21-13-5-6-14-15(11-13)26-20(25-14)9-1-2-10-20/h5-8,11-12H,1-4,9-10H2,(H,21,24)(H,22,23). The Morgan fingerprint density at radius 3 is 2.56 bits per heavy atom. The number of carbonyl (C=O) groups is 2. The molecule has 6 nitrogen and oxygen atoms in total. The Kier molecular flexibility index (Phi) is 3.86. The second-order valence-electron chi connectivity index (χ2n) is 7.36. The van der Waals surface area contributed by atoms with Crippen LogP contribution in [0.3, 0.4) is 0 Å². The van der Waals surface area contributed by atoms with Gasteiger partial charge in [-0.15, -0.1) is 11.3 Å². The first-order chi connectivity index (χ1) is 13.1. The fraction of sp³-hybridized carbons (Fsp3) is 0.400. The molecule has 1 aromatic heterocycles. The molecule has 2 aliphatic carbocycles. The predicted octanol–water partition coefficient (Wildman–Crippen LogP) is 4.39. The molecule has 5 rings (SSSR count). The molecule has 0 radical (unpaired) electrons. The minimum atomic E-state index is -0.507. The molecule has 1 aliphatic heterocycles. The van der Waals surface area contributed by atoms with E-state index in [0.29, 0.717) is 21.3 Å². The van der Waals surface area contributed by atoms with Crippen LogP contribution in [0.5, 0.6) is 11.5 Å². The van der Waals surface area contributed by atoms with Gasteiger partial charge in [0.2, 0.25) is 5.91 Å². The first kappa shape index (κ1) is 16.6. The van der Waals surface area contributed by atoms with Gasteiger partial charge in [0.1, 0.15) is 0 Å². The normalized spacial score (nSPS) is 19.3. The highest BCUT2D eigenvalue weighted by atomic mass is 32.1. The van der Waals surface area contributed by atoms with Crippen LogP contribution in [0.2, 0.25) is 0 Å². The minimum absolute atomic E-state index is 0.0421. The fourth-order valence-corrected chi connectivity index (χ4v) is 4.38. The first-order valence-corrected chi connectivity index (χ1v) is 10.2. The number of fused-ring (bicyclic) bond motifs is 1. The van der Waals surface area contributed by atoms with Crippen molar-refractivity contribution in [2.75, 3.05) is 10.6 Å². The largest absolute Gasteiger partial charge is 0.448 e. The maximum absolute atomic E-state index is 12.5. The number of amides is 2. The summed E-state index contributed by atoms with van der Waals surface area (Å²) < 4.78 is 12.0. The third-order valence-corrected chi connectivity index (χ3v) is 6.18. The number of rotatable bonds is 4. The van der Waals surface area contributed by atoms with Gasteiger partial charge in [0.25, 0.3) is 11.7 Å². The van der Waals surface area contributed by atoms with Gasteiger partial charge in [-0.3, -0.25) is 9.59 Å². The molecule has 2 N–H and O–H groups in total. The van der Waals surface area contributed by atoms with E-state index in [4.69, 9.17) is 9.47 Å². The van der Waals surface area contributed by atoms with Crippen LogP contribution in [0.4, 0.5) is 10.7 Å². The quantitative estimate of drug-likeness (QED) is 0.820. The smallest absolute Gasteiger partial charge is 0.265 e. The Balaban J connectivity index is 1.25. The van der Waals surface area contributed by atoms with Crippen LogP contribution >= 0.6 is 11.3 Å². The number of benzene rings is 1. The molecule has 0 unspecified atom stereocenters. The SMILES string of the molecule is O=C(Nc1ccc2c(c1)OC1(CCCC1)O2)c1ccc(NC(=O)C2CC2)s1. The van der Waals surface area contributed by atoms with E-state index in [1.165, 1.54) is 11.3 Å². The molecule has 1 spiro atoms.